The van der Waals surface area contributed by atoms with Crippen molar-refractivity contribution >= 4 is 11.3 Å². The van der Waals surface area contributed by atoms with Gasteiger partial charge in [-0.15, -0.1) is 11.3 Å². The Hall–Kier alpha value is -0.410. The van der Waals surface area contributed by atoms with Crippen LogP contribution in [0.15, 0.2) is 5.38 Å². The predicted octanol–water partition coefficient (Wildman–Crippen LogP) is 2.98. The summed E-state index contributed by atoms with van der Waals surface area (Å²) in [6.07, 6.45) is 1.18. The van der Waals surface area contributed by atoms with Gasteiger partial charge >= 0.3 is 0 Å². The summed E-state index contributed by atoms with van der Waals surface area (Å²) >= 11 is 1.74. The lowest BCUT2D eigenvalue weighted by atomic mass is 10.0. The molecule has 0 aliphatic carbocycles. The molecule has 0 aliphatic rings. The fourth-order valence-corrected chi connectivity index (χ4v) is 2.28. The maximum Gasteiger partial charge on any atom is 0.107 e. The molecule has 0 saturated heterocycles. The van der Waals surface area contributed by atoms with Crippen LogP contribution in [0.2, 0.25) is 0 Å². The molecule has 0 aliphatic heterocycles. The normalized spacial score (nSPS) is 13.5. The van der Waals surface area contributed by atoms with E-state index in [4.69, 9.17) is 0 Å². The van der Waals surface area contributed by atoms with Crippen LogP contribution in [0, 0.1) is 12.8 Å². The Morgan fingerprint density at radius 1 is 1.50 bits per heavy atom. The van der Waals surface area contributed by atoms with Crippen LogP contribution in [0.3, 0.4) is 0 Å². The van der Waals surface area contributed by atoms with E-state index in [9.17, 15) is 0 Å². The van der Waals surface area contributed by atoms with Crippen LogP contribution in [-0.2, 0) is 6.54 Å². The van der Waals surface area contributed by atoms with Crippen LogP contribution in [0.5, 0.6) is 0 Å². The van der Waals surface area contributed by atoms with Crippen molar-refractivity contribution in [2.45, 2.75) is 46.7 Å². The molecule has 1 unspecified atom stereocenters. The van der Waals surface area contributed by atoms with Crippen molar-refractivity contribution in [2.75, 3.05) is 0 Å². The van der Waals surface area contributed by atoms with Gasteiger partial charge in [0.15, 0.2) is 0 Å². The molecule has 1 rings (SSSR count). The number of aryl methyl sites for hydroxylation is 1. The van der Waals surface area contributed by atoms with Gasteiger partial charge in [0.1, 0.15) is 5.01 Å². The van der Waals surface area contributed by atoms with E-state index >= 15 is 0 Å². The first-order valence-electron chi connectivity index (χ1n) is 5.27. The van der Waals surface area contributed by atoms with Gasteiger partial charge in [-0.3, -0.25) is 0 Å². The molecule has 1 N–H and O–H groups in total. The number of aromatic nitrogens is 1. The average Bonchev–Trinajstić information content (AvgIpc) is 2.52. The second kappa shape index (κ2) is 5.47. The van der Waals surface area contributed by atoms with E-state index in [0.29, 0.717) is 12.0 Å². The van der Waals surface area contributed by atoms with Gasteiger partial charge < -0.3 is 5.32 Å². The molecular formula is C11H20N2S. The van der Waals surface area contributed by atoms with Crippen LogP contribution in [0.25, 0.3) is 0 Å². The smallest absolute Gasteiger partial charge is 0.107 e. The number of nitrogens with zero attached hydrogens (tertiary/aromatic N) is 1. The number of thiazole rings is 1. The third-order valence-corrected chi connectivity index (χ3v) is 3.39. The quantitative estimate of drug-likeness (QED) is 0.811. The van der Waals surface area contributed by atoms with Crippen molar-refractivity contribution in [3.05, 3.63) is 16.1 Å². The molecular weight excluding hydrogens is 192 g/mol. The molecule has 1 aromatic rings. The largest absolute Gasteiger partial charge is 0.307 e. The molecule has 3 heteroatoms. The van der Waals surface area contributed by atoms with Gasteiger partial charge in [0.25, 0.3) is 0 Å². The zero-order valence-electron chi connectivity index (χ0n) is 9.50. The molecule has 1 aromatic heterocycles. The summed E-state index contributed by atoms with van der Waals surface area (Å²) in [7, 11) is 0. The second-order valence-electron chi connectivity index (χ2n) is 4.02. The summed E-state index contributed by atoms with van der Waals surface area (Å²) in [5.41, 5.74) is 1.13. The van der Waals surface area contributed by atoms with E-state index in [1.807, 2.05) is 6.92 Å². The second-order valence-corrected chi connectivity index (χ2v) is 4.96. The van der Waals surface area contributed by atoms with Gasteiger partial charge in [0.2, 0.25) is 0 Å². The Morgan fingerprint density at radius 2 is 2.21 bits per heavy atom. The van der Waals surface area contributed by atoms with Gasteiger partial charge in [0.05, 0.1) is 0 Å². The Balaban J connectivity index is 2.39. The van der Waals surface area contributed by atoms with Gasteiger partial charge in [-0.25, -0.2) is 4.98 Å². The van der Waals surface area contributed by atoms with Crippen LogP contribution in [-0.4, -0.2) is 11.0 Å². The molecule has 1 atom stereocenters. The summed E-state index contributed by atoms with van der Waals surface area (Å²) in [5.74, 6) is 0.695. The van der Waals surface area contributed by atoms with Crippen molar-refractivity contribution in [2.24, 2.45) is 5.92 Å². The molecule has 14 heavy (non-hydrogen) atoms. The number of hydrogen-bond donors (Lipinski definition) is 1. The van der Waals surface area contributed by atoms with Crippen LogP contribution >= 0.6 is 11.3 Å². The Morgan fingerprint density at radius 3 is 2.64 bits per heavy atom. The van der Waals surface area contributed by atoms with Crippen LogP contribution < -0.4 is 5.32 Å². The molecule has 1 heterocycles. The molecule has 0 spiro atoms. The molecule has 0 amide bonds. The fourth-order valence-electron chi connectivity index (χ4n) is 1.55. The molecule has 0 aromatic carbocycles. The predicted molar refractivity (Wildman–Crippen MR) is 62.6 cm³/mol. The maximum atomic E-state index is 4.43. The summed E-state index contributed by atoms with van der Waals surface area (Å²) in [5, 5.41) is 6.85. The van der Waals surface area contributed by atoms with E-state index in [0.717, 1.165) is 12.2 Å². The minimum Gasteiger partial charge on any atom is -0.307 e. The van der Waals surface area contributed by atoms with E-state index in [-0.39, 0.29) is 0 Å². The molecule has 0 saturated carbocycles. The highest BCUT2D eigenvalue weighted by molar-refractivity contribution is 7.09. The molecule has 0 bridgehead atoms. The maximum absolute atomic E-state index is 4.43. The molecule has 0 radical (unpaired) electrons. The van der Waals surface area contributed by atoms with Crippen molar-refractivity contribution in [1.82, 2.24) is 10.3 Å². The monoisotopic (exact) mass is 212 g/mol. The number of rotatable bonds is 5. The molecule has 2 nitrogen and oxygen atoms in total. The minimum absolute atomic E-state index is 0.610. The zero-order chi connectivity index (χ0) is 10.6. The van der Waals surface area contributed by atoms with Gasteiger partial charge in [-0.05, 0) is 19.3 Å². The highest BCUT2D eigenvalue weighted by Gasteiger charge is 2.10. The Labute approximate surface area is 90.8 Å². The van der Waals surface area contributed by atoms with E-state index < -0.39 is 0 Å². The summed E-state index contributed by atoms with van der Waals surface area (Å²) < 4.78 is 0. The summed E-state index contributed by atoms with van der Waals surface area (Å²) in [6.45, 7) is 9.70. The van der Waals surface area contributed by atoms with Crippen molar-refractivity contribution in [3.63, 3.8) is 0 Å². The van der Waals surface area contributed by atoms with Crippen molar-refractivity contribution in [1.29, 1.82) is 0 Å². The topological polar surface area (TPSA) is 24.9 Å². The standard InChI is InChI=1S/C11H20N2S/c1-5-10(8(2)3)12-6-11-13-9(4)7-14-11/h7-8,10,12H,5-6H2,1-4H3. The third kappa shape index (κ3) is 3.39. The average molecular weight is 212 g/mol. The van der Waals surface area contributed by atoms with E-state index in [2.05, 4.69) is 36.5 Å². The molecule has 80 valence electrons. The zero-order valence-corrected chi connectivity index (χ0v) is 10.3. The van der Waals surface area contributed by atoms with Crippen LogP contribution in [0.4, 0.5) is 0 Å². The summed E-state index contributed by atoms with van der Waals surface area (Å²) in [6, 6.07) is 0.610. The fraction of sp³-hybridized carbons (Fsp3) is 0.727. The lowest BCUT2D eigenvalue weighted by Gasteiger charge is -2.19. The molecule has 0 fully saturated rings. The first-order chi connectivity index (χ1) is 6.63. The number of hydrogen-bond acceptors (Lipinski definition) is 3. The highest BCUT2D eigenvalue weighted by Crippen LogP contribution is 2.11. The number of nitrogens with one attached hydrogen (secondary N) is 1. The Kier molecular flexibility index (Phi) is 4.55. The van der Waals surface area contributed by atoms with E-state index in [1.165, 1.54) is 11.4 Å². The minimum atomic E-state index is 0.610. The highest BCUT2D eigenvalue weighted by atomic mass is 32.1. The SMILES string of the molecule is CCC(NCc1nc(C)cs1)C(C)C. The summed E-state index contributed by atoms with van der Waals surface area (Å²) in [4.78, 5) is 4.43. The van der Waals surface area contributed by atoms with Crippen molar-refractivity contribution in [3.8, 4) is 0 Å². The van der Waals surface area contributed by atoms with E-state index in [1.54, 1.807) is 11.3 Å². The van der Waals surface area contributed by atoms with Crippen molar-refractivity contribution < 1.29 is 0 Å². The van der Waals surface area contributed by atoms with Gasteiger partial charge in [0, 0.05) is 23.7 Å². The third-order valence-electron chi connectivity index (χ3n) is 2.43. The Bertz CT molecular complexity index is 268. The first-order valence-corrected chi connectivity index (χ1v) is 6.15. The lowest BCUT2D eigenvalue weighted by Crippen LogP contribution is -2.32. The first kappa shape index (κ1) is 11.7. The van der Waals surface area contributed by atoms with Crippen LogP contribution in [0.1, 0.15) is 37.9 Å². The lowest BCUT2D eigenvalue weighted by molar-refractivity contribution is 0.387. The van der Waals surface area contributed by atoms with Gasteiger partial charge in [-0.2, -0.15) is 0 Å². The van der Waals surface area contributed by atoms with Gasteiger partial charge in [-0.1, -0.05) is 20.8 Å².